The van der Waals surface area contributed by atoms with E-state index in [1.54, 1.807) is 0 Å². The van der Waals surface area contributed by atoms with Crippen LogP contribution in [0.5, 0.6) is 0 Å². The predicted molar refractivity (Wildman–Crippen MR) is 80.1 cm³/mol. The van der Waals surface area contributed by atoms with E-state index in [-0.39, 0.29) is 5.92 Å². The highest BCUT2D eigenvalue weighted by Gasteiger charge is 2.38. The van der Waals surface area contributed by atoms with Gasteiger partial charge in [0.2, 0.25) is 0 Å². The van der Waals surface area contributed by atoms with Crippen molar-refractivity contribution in [1.29, 1.82) is 0 Å². The van der Waals surface area contributed by atoms with Gasteiger partial charge in [0.05, 0.1) is 0 Å². The molecule has 1 aliphatic rings. The van der Waals surface area contributed by atoms with Gasteiger partial charge in [-0.15, -0.1) is 6.58 Å². The Kier molecular flexibility index (Phi) is 5.82. The molecule has 0 aromatic heterocycles. The quantitative estimate of drug-likeness (QED) is 0.323. The number of unbranched alkanes of at least 4 members (excludes halogenated alkanes) is 1. The molecule has 0 radical (unpaired) electrons. The molecule has 0 spiro atoms. The van der Waals surface area contributed by atoms with Gasteiger partial charge in [-0.2, -0.15) is 13.2 Å². The van der Waals surface area contributed by atoms with Crippen LogP contribution in [0, 0.1) is 17.6 Å². The van der Waals surface area contributed by atoms with E-state index in [1.165, 1.54) is 0 Å². The molecule has 0 unspecified atom stereocenters. The van der Waals surface area contributed by atoms with Crippen LogP contribution in [0.4, 0.5) is 22.0 Å². The molecule has 1 aliphatic carbocycles. The molecule has 1 fully saturated rings. The van der Waals surface area contributed by atoms with E-state index >= 15 is 0 Å². The van der Waals surface area contributed by atoms with E-state index in [9.17, 15) is 22.0 Å². The Bertz CT molecular complexity index is 516. The lowest BCUT2D eigenvalue weighted by atomic mass is 9.77. The maximum atomic E-state index is 13.7. The van der Waals surface area contributed by atoms with Crippen molar-refractivity contribution in [2.45, 2.75) is 57.0 Å². The van der Waals surface area contributed by atoms with Gasteiger partial charge in [0.15, 0.2) is 0 Å². The molecule has 2 rings (SSSR count). The lowest BCUT2D eigenvalue weighted by Gasteiger charge is -2.29. The molecule has 0 nitrogen and oxygen atoms in total. The Morgan fingerprint density at radius 1 is 1.04 bits per heavy atom. The molecule has 1 saturated carbocycles. The summed E-state index contributed by atoms with van der Waals surface area (Å²) in [6.45, 7) is 3.68. The smallest absolute Gasteiger partial charge is 0.206 e. The van der Waals surface area contributed by atoms with Gasteiger partial charge in [-0.1, -0.05) is 12.5 Å². The largest absolute Gasteiger partial charge is 0.422 e. The van der Waals surface area contributed by atoms with Gasteiger partial charge in [-0.05, 0) is 68.1 Å². The lowest BCUT2D eigenvalue weighted by molar-refractivity contribution is -0.142. The zero-order chi connectivity index (χ0) is 17.0. The fraction of sp³-hybridized carbons (Fsp3) is 0.556. The Morgan fingerprint density at radius 3 is 2.09 bits per heavy atom. The zero-order valence-corrected chi connectivity index (χ0v) is 12.9. The molecule has 0 aliphatic heterocycles. The van der Waals surface area contributed by atoms with Gasteiger partial charge < -0.3 is 0 Å². The SMILES string of the molecule is C=CCCC[C@H]1CC[C@H](c2cc(F)c(C(F)(F)F)c(F)c2)CC1. The molecule has 1 aromatic rings. The van der Waals surface area contributed by atoms with Crippen LogP contribution in [-0.4, -0.2) is 0 Å². The van der Waals surface area contributed by atoms with E-state index in [4.69, 9.17) is 0 Å². The zero-order valence-electron chi connectivity index (χ0n) is 12.9. The average Bonchev–Trinajstić information content (AvgIpc) is 2.46. The fourth-order valence-electron chi connectivity index (χ4n) is 3.43. The average molecular weight is 332 g/mol. The summed E-state index contributed by atoms with van der Waals surface area (Å²) in [4.78, 5) is 0. The third kappa shape index (κ3) is 4.55. The number of allylic oxidation sites excluding steroid dienone is 1. The van der Waals surface area contributed by atoms with Gasteiger partial charge in [0, 0.05) is 0 Å². The Morgan fingerprint density at radius 2 is 1.61 bits per heavy atom. The van der Waals surface area contributed by atoms with Crippen molar-refractivity contribution >= 4 is 0 Å². The van der Waals surface area contributed by atoms with E-state index in [0.717, 1.165) is 57.1 Å². The van der Waals surface area contributed by atoms with Crippen molar-refractivity contribution in [3.8, 4) is 0 Å². The maximum Gasteiger partial charge on any atom is 0.422 e. The van der Waals surface area contributed by atoms with Crippen LogP contribution < -0.4 is 0 Å². The molecule has 1 aromatic carbocycles. The Labute approximate surface area is 133 Å². The van der Waals surface area contributed by atoms with E-state index in [2.05, 4.69) is 6.58 Å². The molecule has 5 heteroatoms. The highest BCUT2D eigenvalue weighted by molar-refractivity contribution is 5.30. The first kappa shape index (κ1) is 18.0. The molecular formula is C18H21F5. The molecule has 23 heavy (non-hydrogen) atoms. The van der Waals surface area contributed by atoms with Crippen molar-refractivity contribution in [3.05, 3.63) is 47.5 Å². The molecule has 0 atom stereocenters. The summed E-state index contributed by atoms with van der Waals surface area (Å²) in [7, 11) is 0. The van der Waals surface area contributed by atoms with Gasteiger partial charge in [-0.25, -0.2) is 8.78 Å². The topological polar surface area (TPSA) is 0 Å². The van der Waals surface area contributed by atoms with Crippen LogP contribution in [0.1, 0.15) is 62.0 Å². The summed E-state index contributed by atoms with van der Waals surface area (Å²) in [6.07, 6.45) is 3.49. The molecule has 128 valence electrons. The summed E-state index contributed by atoms with van der Waals surface area (Å²) < 4.78 is 65.1. The predicted octanol–water partition coefficient (Wildman–Crippen LogP) is 6.61. The van der Waals surface area contributed by atoms with Gasteiger partial charge in [0.25, 0.3) is 0 Å². The normalized spacial score (nSPS) is 22.1. The van der Waals surface area contributed by atoms with Crippen LogP contribution in [-0.2, 0) is 6.18 Å². The van der Waals surface area contributed by atoms with Crippen molar-refractivity contribution in [3.63, 3.8) is 0 Å². The van der Waals surface area contributed by atoms with Crippen LogP contribution in [0.2, 0.25) is 0 Å². The second-order valence-electron chi connectivity index (χ2n) is 6.29. The number of hydrogen-bond acceptors (Lipinski definition) is 0. The van der Waals surface area contributed by atoms with Crippen LogP contribution in [0.15, 0.2) is 24.8 Å². The monoisotopic (exact) mass is 332 g/mol. The molecule has 0 saturated heterocycles. The highest BCUT2D eigenvalue weighted by atomic mass is 19.4. The summed E-state index contributed by atoms with van der Waals surface area (Å²) in [5, 5.41) is 0. The summed E-state index contributed by atoms with van der Waals surface area (Å²) >= 11 is 0. The lowest BCUT2D eigenvalue weighted by Crippen LogP contribution is -2.16. The molecule has 0 amide bonds. The second-order valence-corrected chi connectivity index (χ2v) is 6.29. The van der Waals surface area contributed by atoms with Crippen molar-refractivity contribution < 1.29 is 22.0 Å². The first-order valence-electron chi connectivity index (χ1n) is 8.00. The molecule has 0 N–H and O–H groups in total. The standard InChI is InChI=1S/C18H21F5/c1-2-3-4-5-12-6-8-13(9-7-12)14-10-15(19)17(16(20)11-14)18(21,22)23/h2,10-13H,1,3-9H2/t12-,13-. The van der Waals surface area contributed by atoms with Gasteiger partial charge in [-0.3, -0.25) is 0 Å². The van der Waals surface area contributed by atoms with Gasteiger partial charge >= 0.3 is 6.18 Å². The second kappa shape index (κ2) is 7.45. The summed E-state index contributed by atoms with van der Waals surface area (Å²) in [6, 6.07) is 1.71. The fourth-order valence-corrected chi connectivity index (χ4v) is 3.43. The van der Waals surface area contributed by atoms with Crippen LogP contribution in [0.25, 0.3) is 0 Å². The minimum atomic E-state index is -5.00. The maximum absolute atomic E-state index is 13.7. The molecule has 0 bridgehead atoms. The number of rotatable bonds is 5. The van der Waals surface area contributed by atoms with Crippen LogP contribution >= 0.6 is 0 Å². The van der Waals surface area contributed by atoms with E-state index in [0.29, 0.717) is 11.5 Å². The summed E-state index contributed by atoms with van der Waals surface area (Å²) in [5.74, 6) is -2.49. The van der Waals surface area contributed by atoms with Crippen LogP contribution in [0.3, 0.4) is 0 Å². The first-order chi connectivity index (χ1) is 10.8. The van der Waals surface area contributed by atoms with E-state index in [1.807, 2.05) is 6.08 Å². The third-order valence-electron chi connectivity index (χ3n) is 4.69. The van der Waals surface area contributed by atoms with Crippen molar-refractivity contribution in [2.75, 3.05) is 0 Å². The number of benzene rings is 1. The number of alkyl halides is 3. The Balaban J connectivity index is 2.03. The highest BCUT2D eigenvalue weighted by Crippen LogP contribution is 2.40. The minimum absolute atomic E-state index is 0.0584. The molecular weight excluding hydrogens is 311 g/mol. The number of hydrogen-bond donors (Lipinski definition) is 0. The first-order valence-corrected chi connectivity index (χ1v) is 8.00. The van der Waals surface area contributed by atoms with Crippen molar-refractivity contribution in [1.82, 2.24) is 0 Å². The Hall–Kier alpha value is -1.39. The van der Waals surface area contributed by atoms with E-state index < -0.39 is 23.4 Å². The molecule has 0 heterocycles. The summed E-state index contributed by atoms with van der Waals surface area (Å²) in [5.41, 5.74) is -1.45. The number of halogens is 5. The van der Waals surface area contributed by atoms with Crippen molar-refractivity contribution in [2.24, 2.45) is 5.92 Å². The van der Waals surface area contributed by atoms with Gasteiger partial charge in [0.1, 0.15) is 17.2 Å². The minimum Gasteiger partial charge on any atom is -0.206 e. The third-order valence-corrected chi connectivity index (χ3v) is 4.69.